The van der Waals surface area contributed by atoms with E-state index in [9.17, 15) is 9.50 Å². The molecule has 0 atom stereocenters. The fraction of sp³-hybridized carbons (Fsp3) is 0.333. The molecule has 0 spiro atoms. The second-order valence-corrected chi connectivity index (χ2v) is 3.01. The van der Waals surface area contributed by atoms with Crippen LogP contribution in [-0.2, 0) is 5.60 Å². The first-order chi connectivity index (χ1) is 5.22. The van der Waals surface area contributed by atoms with E-state index >= 15 is 0 Å². The summed E-state index contributed by atoms with van der Waals surface area (Å²) >= 11 is 0. The highest BCUT2D eigenvalue weighted by Gasteiger charge is 2.43. The maximum absolute atomic E-state index is 13.0. The van der Waals surface area contributed by atoms with Gasteiger partial charge in [-0.3, -0.25) is 0 Å². The van der Waals surface area contributed by atoms with Crippen LogP contribution in [0.4, 0.5) is 4.39 Å². The Morgan fingerprint density at radius 2 is 1.91 bits per heavy atom. The molecule has 1 aliphatic rings. The predicted molar refractivity (Wildman–Crippen MR) is 39.5 cm³/mol. The second kappa shape index (κ2) is 2.05. The molecule has 1 aliphatic carbocycles. The van der Waals surface area contributed by atoms with Crippen molar-refractivity contribution in [3.63, 3.8) is 0 Å². The molecule has 2 rings (SSSR count). The van der Waals surface area contributed by atoms with E-state index in [0.29, 0.717) is 18.4 Å². The molecule has 1 saturated carbocycles. The monoisotopic (exact) mass is 152 g/mol. The molecule has 1 fully saturated rings. The Balaban J connectivity index is 2.45. The first-order valence-electron chi connectivity index (χ1n) is 3.70. The van der Waals surface area contributed by atoms with Crippen LogP contribution in [0.2, 0.25) is 0 Å². The summed E-state index contributed by atoms with van der Waals surface area (Å²) in [5.41, 5.74) is -0.397. The van der Waals surface area contributed by atoms with Gasteiger partial charge in [0, 0.05) is 5.56 Å². The van der Waals surface area contributed by atoms with Crippen LogP contribution in [-0.4, -0.2) is 5.11 Å². The lowest BCUT2D eigenvalue weighted by Gasteiger charge is -2.07. The van der Waals surface area contributed by atoms with Crippen molar-refractivity contribution in [3.05, 3.63) is 35.6 Å². The lowest BCUT2D eigenvalue weighted by Crippen LogP contribution is -2.06. The summed E-state index contributed by atoms with van der Waals surface area (Å²) in [6.45, 7) is 0. The average Bonchev–Trinajstić information content (AvgIpc) is 2.70. The number of hydrogen-bond acceptors (Lipinski definition) is 1. The fourth-order valence-electron chi connectivity index (χ4n) is 1.23. The van der Waals surface area contributed by atoms with Gasteiger partial charge in [0.2, 0.25) is 0 Å². The quantitative estimate of drug-likeness (QED) is 0.650. The van der Waals surface area contributed by atoms with Crippen molar-refractivity contribution in [1.29, 1.82) is 0 Å². The Hall–Kier alpha value is -0.890. The fourth-order valence-corrected chi connectivity index (χ4v) is 1.23. The van der Waals surface area contributed by atoms with E-state index in [4.69, 9.17) is 0 Å². The highest BCUT2D eigenvalue weighted by Crippen LogP contribution is 2.45. The van der Waals surface area contributed by atoms with Crippen LogP contribution in [0.15, 0.2) is 24.3 Å². The van der Waals surface area contributed by atoms with Gasteiger partial charge in [-0.25, -0.2) is 4.39 Å². The van der Waals surface area contributed by atoms with Gasteiger partial charge < -0.3 is 5.11 Å². The van der Waals surface area contributed by atoms with E-state index < -0.39 is 5.60 Å². The van der Waals surface area contributed by atoms with Crippen molar-refractivity contribution in [2.75, 3.05) is 0 Å². The summed E-state index contributed by atoms with van der Waals surface area (Å²) in [7, 11) is 0. The van der Waals surface area contributed by atoms with Crippen molar-refractivity contribution in [3.8, 4) is 0 Å². The minimum atomic E-state index is -0.842. The van der Waals surface area contributed by atoms with Crippen molar-refractivity contribution in [2.24, 2.45) is 0 Å². The first kappa shape index (κ1) is 6.80. The summed E-state index contributed by atoms with van der Waals surface area (Å²) in [4.78, 5) is 0. The molecule has 0 aromatic heterocycles. The van der Waals surface area contributed by atoms with Crippen LogP contribution in [0.3, 0.4) is 0 Å². The van der Waals surface area contributed by atoms with Gasteiger partial charge in [0.1, 0.15) is 5.82 Å². The van der Waals surface area contributed by atoms with Crippen LogP contribution in [0.5, 0.6) is 0 Å². The molecule has 0 bridgehead atoms. The zero-order valence-electron chi connectivity index (χ0n) is 6.05. The first-order valence-corrected chi connectivity index (χ1v) is 3.70. The van der Waals surface area contributed by atoms with Gasteiger partial charge in [0.15, 0.2) is 0 Å². The number of hydrogen-bond donors (Lipinski definition) is 1. The molecule has 1 nitrogen and oxygen atoms in total. The van der Waals surface area contributed by atoms with Crippen LogP contribution < -0.4 is 0 Å². The Morgan fingerprint density at radius 3 is 2.45 bits per heavy atom. The van der Waals surface area contributed by atoms with Gasteiger partial charge in [0.05, 0.1) is 5.60 Å². The highest BCUT2D eigenvalue weighted by atomic mass is 19.1. The van der Waals surface area contributed by atoms with E-state index in [1.807, 2.05) is 0 Å². The zero-order chi connectivity index (χ0) is 7.90. The SMILES string of the molecule is OC1(c2ccccc2F)CC1. The zero-order valence-corrected chi connectivity index (χ0v) is 6.05. The number of rotatable bonds is 1. The molecule has 0 amide bonds. The maximum Gasteiger partial charge on any atom is 0.129 e. The third kappa shape index (κ3) is 1.03. The molecule has 58 valence electrons. The van der Waals surface area contributed by atoms with Gasteiger partial charge in [-0.2, -0.15) is 0 Å². The van der Waals surface area contributed by atoms with E-state index in [0.717, 1.165) is 0 Å². The van der Waals surface area contributed by atoms with E-state index in [1.165, 1.54) is 6.07 Å². The van der Waals surface area contributed by atoms with Gasteiger partial charge in [-0.15, -0.1) is 0 Å². The van der Waals surface area contributed by atoms with E-state index in [2.05, 4.69) is 0 Å². The molecule has 1 aromatic carbocycles. The molecule has 0 unspecified atom stereocenters. The van der Waals surface area contributed by atoms with Crippen LogP contribution >= 0.6 is 0 Å². The number of benzene rings is 1. The minimum absolute atomic E-state index is 0.299. The Kier molecular flexibility index (Phi) is 1.26. The van der Waals surface area contributed by atoms with Crippen LogP contribution in [0.1, 0.15) is 18.4 Å². The topological polar surface area (TPSA) is 20.2 Å². The highest BCUT2D eigenvalue weighted by molar-refractivity contribution is 5.28. The van der Waals surface area contributed by atoms with Gasteiger partial charge in [0.25, 0.3) is 0 Å². The summed E-state index contributed by atoms with van der Waals surface area (Å²) < 4.78 is 13.0. The summed E-state index contributed by atoms with van der Waals surface area (Å²) in [5.74, 6) is -0.299. The molecule has 0 saturated heterocycles. The second-order valence-electron chi connectivity index (χ2n) is 3.01. The molecule has 1 aromatic rings. The van der Waals surface area contributed by atoms with E-state index in [1.54, 1.807) is 18.2 Å². The third-order valence-electron chi connectivity index (χ3n) is 2.10. The molecular weight excluding hydrogens is 143 g/mol. The lowest BCUT2D eigenvalue weighted by molar-refractivity contribution is 0.147. The lowest BCUT2D eigenvalue weighted by atomic mass is 10.1. The van der Waals surface area contributed by atoms with E-state index in [-0.39, 0.29) is 5.82 Å². The summed E-state index contributed by atoms with van der Waals surface area (Å²) in [6, 6.07) is 6.40. The summed E-state index contributed by atoms with van der Waals surface area (Å²) in [6.07, 6.45) is 1.38. The van der Waals surface area contributed by atoms with Crippen molar-refractivity contribution >= 4 is 0 Å². The van der Waals surface area contributed by atoms with Crippen LogP contribution in [0, 0.1) is 5.82 Å². The molecule has 11 heavy (non-hydrogen) atoms. The van der Waals surface area contributed by atoms with Gasteiger partial charge in [-0.05, 0) is 18.9 Å². The Bertz CT molecular complexity index is 279. The smallest absolute Gasteiger partial charge is 0.129 e. The number of halogens is 1. The van der Waals surface area contributed by atoms with Crippen molar-refractivity contribution in [2.45, 2.75) is 18.4 Å². The summed E-state index contributed by atoms with van der Waals surface area (Å²) in [5, 5.41) is 9.54. The largest absolute Gasteiger partial charge is 0.385 e. The predicted octanol–water partition coefficient (Wildman–Crippen LogP) is 1.81. The Morgan fingerprint density at radius 1 is 1.27 bits per heavy atom. The number of aliphatic hydroxyl groups is 1. The van der Waals surface area contributed by atoms with Crippen LogP contribution in [0.25, 0.3) is 0 Å². The molecule has 1 N–H and O–H groups in total. The average molecular weight is 152 g/mol. The van der Waals surface area contributed by atoms with Gasteiger partial charge in [-0.1, -0.05) is 18.2 Å². The standard InChI is InChI=1S/C9H9FO/c10-8-4-2-1-3-7(8)9(11)5-6-9/h1-4,11H,5-6H2. The maximum atomic E-state index is 13.0. The molecular formula is C9H9FO. The minimum Gasteiger partial charge on any atom is -0.385 e. The van der Waals surface area contributed by atoms with Crippen molar-refractivity contribution in [1.82, 2.24) is 0 Å². The molecule has 2 heteroatoms. The van der Waals surface area contributed by atoms with Gasteiger partial charge >= 0.3 is 0 Å². The molecule has 0 heterocycles. The van der Waals surface area contributed by atoms with Crippen molar-refractivity contribution < 1.29 is 9.50 Å². The molecule has 0 radical (unpaired) electrons. The Labute approximate surface area is 64.5 Å². The normalized spacial score (nSPS) is 19.8. The molecule has 0 aliphatic heterocycles. The third-order valence-corrected chi connectivity index (χ3v) is 2.10.